The Hall–Kier alpha value is -2.74. The molecule has 138 valence electrons. The number of amides is 1. The fraction of sp³-hybridized carbons (Fsp3) is 0.444. The summed E-state index contributed by atoms with van der Waals surface area (Å²) >= 11 is 0. The molecule has 0 bridgehead atoms. The zero-order valence-corrected chi connectivity index (χ0v) is 14.4. The van der Waals surface area contributed by atoms with Crippen LogP contribution in [0.1, 0.15) is 42.3 Å². The number of nitrogens with one attached hydrogen (secondary N) is 2. The first-order chi connectivity index (χ1) is 12.6. The largest absolute Gasteiger partial charge is 0.504 e. The molecule has 3 heterocycles. The van der Waals surface area contributed by atoms with Crippen molar-refractivity contribution in [2.45, 2.75) is 31.2 Å². The van der Waals surface area contributed by atoms with Gasteiger partial charge in [-0.3, -0.25) is 19.4 Å². The maximum absolute atomic E-state index is 12.7. The lowest BCUT2D eigenvalue weighted by Gasteiger charge is -2.28. The number of ether oxygens (including phenoxy) is 2. The molecular formula is C18H21N3O5. The quantitative estimate of drug-likeness (QED) is 0.774. The van der Waals surface area contributed by atoms with Crippen LogP contribution in [-0.4, -0.2) is 41.1 Å². The summed E-state index contributed by atoms with van der Waals surface area (Å²) in [7, 11) is 1.46. The van der Waals surface area contributed by atoms with Gasteiger partial charge < -0.3 is 19.9 Å². The average molecular weight is 359 g/mol. The molecule has 2 aliphatic rings. The van der Waals surface area contributed by atoms with Gasteiger partial charge in [-0.05, 0) is 30.5 Å². The Bertz CT molecular complexity index is 895. The van der Waals surface area contributed by atoms with Crippen LogP contribution in [0, 0.1) is 0 Å². The number of nitrogens with zero attached hydrogens (tertiary/aromatic N) is 1. The van der Waals surface area contributed by atoms with E-state index in [9.17, 15) is 14.7 Å². The van der Waals surface area contributed by atoms with Gasteiger partial charge in [-0.15, -0.1) is 0 Å². The lowest BCUT2D eigenvalue weighted by Crippen LogP contribution is -2.28. The molecule has 1 atom stereocenters. The molecule has 0 aliphatic carbocycles. The maximum atomic E-state index is 12.7. The molecule has 8 nitrogen and oxygen atoms in total. The zero-order valence-electron chi connectivity index (χ0n) is 14.4. The number of fused-ring (bicyclic) bond motifs is 1. The van der Waals surface area contributed by atoms with E-state index >= 15 is 0 Å². The summed E-state index contributed by atoms with van der Waals surface area (Å²) in [6, 6.07) is 5.00. The Morgan fingerprint density at radius 2 is 2.04 bits per heavy atom. The first-order valence-electron chi connectivity index (χ1n) is 8.67. The van der Waals surface area contributed by atoms with Crippen LogP contribution in [0.2, 0.25) is 0 Å². The van der Waals surface area contributed by atoms with E-state index in [0.717, 1.165) is 18.4 Å². The molecule has 2 aromatic rings. The van der Waals surface area contributed by atoms with Crippen molar-refractivity contribution in [3.8, 4) is 11.5 Å². The van der Waals surface area contributed by atoms with E-state index in [1.807, 2.05) is 0 Å². The van der Waals surface area contributed by atoms with Crippen molar-refractivity contribution in [2.75, 3.05) is 25.6 Å². The number of carbonyl (C=O) groups is 1. The number of phenolic OH excluding ortho intramolecular Hbond substituents is 1. The lowest BCUT2D eigenvalue weighted by molar-refractivity contribution is -0.116. The second kappa shape index (κ2) is 6.53. The van der Waals surface area contributed by atoms with Crippen LogP contribution >= 0.6 is 0 Å². The molecule has 1 aromatic heterocycles. The molecule has 1 saturated heterocycles. The van der Waals surface area contributed by atoms with Crippen LogP contribution in [0.4, 0.5) is 5.82 Å². The van der Waals surface area contributed by atoms with E-state index in [1.165, 1.54) is 13.2 Å². The first-order valence-corrected chi connectivity index (χ1v) is 8.67. The number of hydrogen-bond donors (Lipinski definition) is 3. The SMILES string of the molecule is COc1cc([C@@H]2CC(=O)Nc3c2c(=O)[nH]n3C2CCOCC2)ccc1O. The van der Waals surface area contributed by atoms with Crippen molar-refractivity contribution in [3.63, 3.8) is 0 Å². The standard InChI is InChI=1S/C18H21N3O5/c1-25-14-8-10(2-3-13(14)22)12-9-15(23)19-17-16(12)18(24)20-21(17)11-4-6-26-7-5-11/h2-3,8,11-12,22H,4-7,9H2,1H3,(H,19,23)(H,20,24)/t12-/m0/s1. The highest BCUT2D eigenvalue weighted by Gasteiger charge is 2.34. The Labute approximate surface area is 149 Å². The average Bonchev–Trinajstić information content (AvgIpc) is 2.98. The molecule has 0 unspecified atom stereocenters. The van der Waals surface area contributed by atoms with Gasteiger partial charge in [0.1, 0.15) is 5.82 Å². The predicted molar refractivity (Wildman–Crippen MR) is 93.9 cm³/mol. The number of H-pyrrole nitrogens is 1. The van der Waals surface area contributed by atoms with Gasteiger partial charge in [0.2, 0.25) is 5.91 Å². The Kier molecular flexibility index (Phi) is 4.20. The fourth-order valence-corrected chi connectivity index (χ4v) is 3.80. The fourth-order valence-electron chi connectivity index (χ4n) is 3.80. The number of aromatic nitrogens is 2. The van der Waals surface area contributed by atoms with Crippen molar-refractivity contribution < 1.29 is 19.4 Å². The summed E-state index contributed by atoms with van der Waals surface area (Å²) in [5, 5.41) is 15.6. The normalized spacial score (nSPS) is 20.5. The van der Waals surface area contributed by atoms with Crippen molar-refractivity contribution in [3.05, 3.63) is 39.7 Å². The third kappa shape index (κ3) is 2.76. The third-order valence-electron chi connectivity index (χ3n) is 5.12. The second-order valence-corrected chi connectivity index (χ2v) is 6.65. The van der Waals surface area contributed by atoms with Crippen molar-refractivity contribution in [1.82, 2.24) is 9.78 Å². The monoisotopic (exact) mass is 359 g/mol. The molecule has 1 fully saturated rings. The summed E-state index contributed by atoms with van der Waals surface area (Å²) in [6.45, 7) is 1.26. The summed E-state index contributed by atoms with van der Waals surface area (Å²) in [5.41, 5.74) is 1.10. The molecule has 2 aliphatic heterocycles. The van der Waals surface area contributed by atoms with Crippen LogP contribution in [0.25, 0.3) is 0 Å². The van der Waals surface area contributed by atoms with Gasteiger partial charge >= 0.3 is 0 Å². The predicted octanol–water partition coefficient (Wildman–Crippen LogP) is 1.72. The van der Waals surface area contributed by atoms with E-state index in [4.69, 9.17) is 9.47 Å². The van der Waals surface area contributed by atoms with Crippen LogP contribution in [0.15, 0.2) is 23.0 Å². The number of aromatic amines is 1. The van der Waals surface area contributed by atoms with Gasteiger partial charge in [0.05, 0.1) is 18.7 Å². The van der Waals surface area contributed by atoms with E-state index in [1.54, 1.807) is 16.8 Å². The highest BCUT2D eigenvalue weighted by atomic mass is 16.5. The Morgan fingerprint density at radius 1 is 1.27 bits per heavy atom. The van der Waals surface area contributed by atoms with Crippen LogP contribution in [0.3, 0.4) is 0 Å². The number of hydrogen-bond acceptors (Lipinski definition) is 5. The van der Waals surface area contributed by atoms with E-state index < -0.39 is 5.92 Å². The number of anilines is 1. The van der Waals surface area contributed by atoms with Crippen LogP contribution in [0.5, 0.6) is 11.5 Å². The van der Waals surface area contributed by atoms with Crippen molar-refractivity contribution in [2.24, 2.45) is 0 Å². The number of aromatic hydroxyl groups is 1. The van der Waals surface area contributed by atoms with Crippen molar-refractivity contribution in [1.29, 1.82) is 0 Å². The second-order valence-electron chi connectivity index (χ2n) is 6.65. The molecule has 26 heavy (non-hydrogen) atoms. The Morgan fingerprint density at radius 3 is 2.77 bits per heavy atom. The van der Waals surface area contributed by atoms with E-state index in [-0.39, 0.29) is 29.7 Å². The van der Waals surface area contributed by atoms with Gasteiger partial charge in [-0.1, -0.05) is 6.07 Å². The van der Waals surface area contributed by atoms with Crippen molar-refractivity contribution >= 4 is 11.7 Å². The summed E-state index contributed by atoms with van der Waals surface area (Å²) in [4.78, 5) is 25.0. The van der Waals surface area contributed by atoms with Gasteiger partial charge in [0.25, 0.3) is 5.56 Å². The van der Waals surface area contributed by atoms with E-state index in [2.05, 4.69) is 10.4 Å². The first kappa shape index (κ1) is 16.7. The number of methoxy groups -OCH3 is 1. The summed E-state index contributed by atoms with van der Waals surface area (Å²) < 4.78 is 12.3. The van der Waals surface area contributed by atoms with E-state index in [0.29, 0.717) is 30.3 Å². The maximum Gasteiger partial charge on any atom is 0.270 e. The summed E-state index contributed by atoms with van der Waals surface area (Å²) in [5.74, 6) is 0.336. The number of rotatable bonds is 3. The molecule has 4 rings (SSSR count). The molecule has 0 saturated carbocycles. The highest BCUT2D eigenvalue weighted by molar-refractivity contribution is 5.94. The van der Waals surface area contributed by atoms with Gasteiger partial charge in [-0.2, -0.15) is 0 Å². The molecule has 1 aromatic carbocycles. The minimum atomic E-state index is -0.391. The molecule has 8 heteroatoms. The van der Waals surface area contributed by atoms with Gasteiger partial charge in [-0.25, -0.2) is 0 Å². The molecule has 0 radical (unpaired) electrons. The zero-order chi connectivity index (χ0) is 18.3. The molecule has 0 spiro atoms. The minimum Gasteiger partial charge on any atom is -0.504 e. The summed E-state index contributed by atoms with van der Waals surface area (Å²) in [6.07, 6.45) is 1.73. The minimum absolute atomic E-state index is 0.0189. The van der Waals surface area contributed by atoms with Gasteiger partial charge in [0, 0.05) is 25.6 Å². The topological polar surface area (TPSA) is 106 Å². The smallest absolute Gasteiger partial charge is 0.270 e. The molecule has 3 N–H and O–H groups in total. The lowest BCUT2D eigenvalue weighted by atomic mass is 9.87. The third-order valence-corrected chi connectivity index (χ3v) is 5.12. The molecular weight excluding hydrogens is 338 g/mol. The number of carbonyl (C=O) groups excluding carboxylic acids is 1. The van der Waals surface area contributed by atoms with Crippen LogP contribution in [-0.2, 0) is 9.53 Å². The highest BCUT2D eigenvalue weighted by Crippen LogP contribution is 2.39. The number of phenols is 1. The van der Waals surface area contributed by atoms with Gasteiger partial charge in [0.15, 0.2) is 11.5 Å². The number of benzene rings is 1. The molecule has 1 amide bonds. The Balaban J connectivity index is 1.80. The van der Waals surface area contributed by atoms with Crippen LogP contribution < -0.4 is 15.6 Å².